The first-order valence-corrected chi connectivity index (χ1v) is 27.5. The summed E-state index contributed by atoms with van der Waals surface area (Å²) in [6.45, 7) is 19.4. The van der Waals surface area contributed by atoms with Crippen LogP contribution in [0.5, 0.6) is 0 Å². The molecule has 6 aromatic rings. The molecule has 6 aromatic carbocycles. The van der Waals surface area contributed by atoms with E-state index >= 15 is 0 Å². The average molecular weight is 1020 g/mol. The molecule has 354 valence electrons. The Bertz CT molecular complexity index is 2080. The van der Waals surface area contributed by atoms with Gasteiger partial charge < -0.3 is 14.4 Å². The molecule has 8 rings (SSSR count). The van der Waals surface area contributed by atoms with Gasteiger partial charge in [0.05, 0.1) is 0 Å². The third kappa shape index (κ3) is 17.9. The molecule has 7 heteroatoms. The second kappa shape index (κ2) is 27.5. The number of halogens is 5. The molecule has 0 nitrogen and oxygen atoms in total. The van der Waals surface area contributed by atoms with E-state index in [9.17, 15) is 13.2 Å². The molecule has 0 saturated heterocycles. The summed E-state index contributed by atoms with van der Waals surface area (Å²) in [7, 11) is 0. The van der Waals surface area contributed by atoms with Crippen LogP contribution in [0.25, 0.3) is 43.8 Å². The number of fused-ring (bicyclic) bond motifs is 2. The van der Waals surface area contributed by atoms with Gasteiger partial charge in [-0.2, -0.15) is 25.3 Å². The summed E-state index contributed by atoms with van der Waals surface area (Å²) >= 11 is 1.36. The SMILES string of the molecule is CC(C)(C)c1ccc(-c2cccc3[cH-]c(CC4CCCCCC4)cc23)cc1.CC(C)(C)c1ccc(-c2cccc3[cH-]c(CC4CCCCCC4)cc23)cc1.Cl.Cl.[CH2-]CC(F)(F)F.[CH3-].[Si]=[Zr]. The van der Waals surface area contributed by atoms with Crippen molar-refractivity contribution in [2.75, 3.05) is 0 Å². The van der Waals surface area contributed by atoms with Crippen LogP contribution in [0.4, 0.5) is 13.2 Å². The molecule has 2 radical (unpaired) electrons. The molecule has 2 aliphatic carbocycles. The Hall–Kier alpha value is -2.43. The first kappa shape index (κ1) is 58.7. The van der Waals surface area contributed by atoms with E-state index in [1.54, 1.807) is 0 Å². The van der Waals surface area contributed by atoms with Gasteiger partial charge in [0.2, 0.25) is 0 Å². The fraction of sp³-hybridized carbons (Fsp3) is 0.448. The summed E-state index contributed by atoms with van der Waals surface area (Å²) in [5.74, 6) is 1.78. The van der Waals surface area contributed by atoms with Gasteiger partial charge in [-0.05, 0) is 57.8 Å². The van der Waals surface area contributed by atoms with Crippen molar-refractivity contribution >= 4 is 53.2 Å². The molecule has 0 spiro atoms. The fourth-order valence-electron chi connectivity index (χ4n) is 9.44. The van der Waals surface area contributed by atoms with Crippen LogP contribution >= 0.6 is 24.8 Å². The van der Waals surface area contributed by atoms with Gasteiger partial charge in [0.25, 0.3) is 0 Å². The summed E-state index contributed by atoms with van der Waals surface area (Å²) in [5, 5.41) is 5.64. The monoisotopic (exact) mass is 1020 g/mol. The number of alkyl halides is 3. The Morgan fingerprint density at radius 2 is 0.846 bits per heavy atom. The minimum absolute atomic E-state index is 0. The Kier molecular flexibility index (Phi) is 24.9. The van der Waals surface area contributed by atoms with Crippen molar-refractivity contribution in [3.63, 3.8) is 0 Å². The van der Waals surface area contributed by atoms with Crippen LogP contribution in [-0.2, 0) is 47.0 Å². The second-order valence-corrected chi connectivity index (χ2v) is 20.0. The molecular formula is C58H75Cl2F3SiZr-4. The van der Waals surface area contributed by atoms with Crippen molar-refractivity contribution in [1.29, 1.82) is 0 Å². The van der Waals surface area contributed by atoms with Crippen molar-refractivity contribution < 1.29 is 36.5 Å². The summed E-state index contributed by atoms with van der Waals surface area (Å²) in [6, 6.07) is 41.7. The van der Waals surface area contributed by atoms with E-state index in [-0.39, 0.29) is 43.1 Å². The maximum absolute atomic E-state index is 10.7. The van der Waals surface area contributed by atoms with Crippen LogP contribution in [-0.4, -0.2) is 13.1 Å². The van der Waals surface area contributed by atoms with Crippen LogP contribution in [0.2, 0.25) is 0 Å². The van der Waals surface area contributed by atoms with E-state index in [4.69, 9.17) is 0 Å². The first-order valence-electron chi connectivity index (χ1n) is 23.3. The molecule has 0 amide bonds. The Labute approximate surface area is 421 Å². The molecule has 0 heterocycles. The zero-order valence-electron chi connectivity index (χ0n) is 40.3. The third-order valence-corrected chi connectivity index (χ3v) is 13.0. The minimum atomic E-state index is -4.07. The van der Waals surface area contributed by atoms with E-state index in [2.05, 4.69) is 165 Å². The van der Waals surface area contributed by atoms with Crippen LogP contribution in [0.1, 0.15) is 147 Å². The Morgan fingerprint density at radius 3 is 1.12 bits per heavy atom. The maximum atomic E-state index is 10.7. The predicted molar refractivity (Wildman–Crippen MR) is 280 cm³/mol. The van der Waals surface area contributed by atoms with Crippen molar-refractivity contribution in [3.8, 4) is 22.3 Å². The normalized spacial score (nSPS) is 14.9. The third-order valence-electron chi connectivity index (χ3n) is 13.0. The van der Waals surface area contributed by atoms with Crippen LogP contribution < -0.4 is 0 Å². The summed E-state index contributed by atoms with van der Waals surface area (Å²) < 4.78 is 32.2. The van der Waals surface area contributed by atoms with Gasteiger partial charge in [-0.1, -0.05) is 197 Å². The second-order valence-electron chi connectivity index (χ2n) is 20.0. The van der Waals surface area contributed by atoms with Gasteiger partial charge in [-0.25, -0.2) is 0 Å². The topological polar surface area (TPSA) is 0 Å². The Morgan fingerprint density at radius 1 is 0.538 bits per heavy atom. The van der Waals surface area contributed by atoms with E-state index in [0.717, 1.165) is 11.8 Å². The molecule has 0 bridgehead atoms. The van der Waals surface area contributed by atoms with E-state index in [1.165, 1.54) is 179 Å². The van der Waals surface area contributed by atoms with Crippen molar-refractivity contribution in [2.24, 2.45) is 11.8 Å². The van der Waals surface area contributed by atoms with Crippen molar-refractivity contribution in [3.05, 3.63) is 146 Å². The van der Waals surface area contributed by atoms with Crippen molar-refractivity contribution in [2.45, 2.75) is 155 Å². The molecule has 0 atom stereocenters. The summed E-state index contributed by atoms with van der Waals surface area (Å²) in [6.07, 6.45) is 14.6. The number of hydrogen-bond acceptors (Lipinski definition) is 0. The molecule has 0 N–H and O–H groups in total. The molecule has 2 saturated carbocycles. The molecule has 65 heavy (non-hydrogen) atoms. The number of hydrogen-bond donors (Lipinski definition) is 0. The van der Waals surface area contributed by atoms with Gasteiger partial charge in [0.15, 0.2) is 0 Å². The van der Waals surface area contributed by atoms with Gasteiger partial charge in [0.1, 0.15) is 0 Å². The first-order chi connectivity index (χ1) is 29.6. The van der Waals surface area contributed by atoms with Gasteiger partial charge in [-0.15, -0.1) is 93.9 Å². The number of benzene rings is 4. The fourth-order valence-corrected chi connectivity index (χ4v) is 9.44. The van der Waals surface area contributed by atoms with Crippen LogP contribution in [0, 0.1) is 26.2 Å². The predicted octanol–water partition coefficient (Wildman–Crippen LogP) is 18.8. The molecule has 0 aliphatic heterocycles. The standard InChI is InChI=1S/2C27H33.C3H4F3.CH3.2ClH.Si.Zr/c2*1-27(2,3)24-15-13-22(14-16-24)25-12-8-11-23-18-21(19-26(23)25)17-20-9-6-4-5-7-10-20;1-2-3(4,5)6;;;;;/h2*8,11-16,18-20H,4-7,9-10,17H2,1-3H3;1-2H2;1H3;2*1H;;/q4*-1;;;;. The van der Waals surface area contributed by atoms with Crippen molar-refractivity contribution in [1.82, 2.24) is 0 Å². The summed E-state index contributed by atoms with van der Waals surface area (Å²) in [5.41, 5.74) is 11.7. The zero-order valence-corrected chi connectivity index (χ0v) is 45.4. The van der Waals surface area contributed by atoms with E-state index in [0.29, 0.717) is 0 Å². The molecule has 0 aromatic heterocycles. The van der Waals surface area contributed by atoms with Gasteiger partial charge in [0, 0.05) is 0 Å². The van der Waals surface area contributed by atoms with E-state index < -0.39 is 12.6 Å². The molecular weight excluding hydrogens is 944 g/mol. The van der Waals surface area contributed by atoms with Crippen LogP contribution in [0.3, 0.4) is 0 Å². The van der Waals surface area contributed by atoms with Gasteiger partial charge >= 0.3 is 36.4 Å². The summed E-state index contributed by atoms with van der Waals surface area (Å²) in [4.78, 5) is 0. The Balaban J connectivity index is 0.000000370. The molecule has 2 fully saturated rings. The van der Waals surface area contributed by atoms with Gasteiger partial charge in [-0.3, -0.25) is 0 Å². The van der Waals surface area contributed by atoms with Crippen LogP contribution in [0.15, 0.2) is 109 Å². The zero-order chi connectivity index (χ0) is 44.9. The van der Waals surface area contributed by atoms with E-state index in [1.807, 2.05) is 0 Å². The molecule has 0 unspecified atom stereocenters. The molecule has 2 aliphatic rings. The quantitative estimate of drug-likeness (QED) is 0.0886. The number of rotatable bonds is 6. The average Bonchev–Trinajstić information content (AvgIpc) is 3.63.